The lowest BCUT2D eigenvalue weighted by Gasteiger charge is -2.37. The van der Waals surface area contributed by atoms with E-state index in [9.17, 15) is 0 Å². The van der Waals surface area contributed by atoms with Crippen molar-refractivity contribution in [2.75, 3.05) is 0 Å². The number of para-hydroxylation sites is 3. The van der Waals surface area contributed by atoms with E-state index in [0.29, 0.717) is 4.48 Å². The molecule has 0 saturated carbocycles. The van der Waals surface area contributed by atoms with Gasteiger partial charge in [-0.05, 0) is 10.8 Å². The molecule has 3 nitrogen and oxygen atoms in total. The minimum atomic E-state index is 0.435. The molecule has 0 aliphatic rings. The van der Waals surface area contributed by atoms with Crippen molar-refractivity contribution in [2.24, 2.45) is 0 Å². The van der Waals surface area contributed by atoms with E-state index in [0.717, 1.165) is 55.8 Å². The maximum Gasteiger partial charge on any atom is 0.148 e. The molecule has 0 spiro atoms. The van der Waals surface area contributed by atoms with Crippen LogP contribution in [0.5, 0.6) is 0 Å². The van der Waals surface area contributed by atoms with Crippen molar-refractivity contribution >= 4 is 55.3 Å². The molecule has 0 fully saturated rings. The van der Waals surface area contributed by atoms with E-state index in [1.54, 1.807) is 0 Å². The summed E-state index contributed by atoms with van der Waals surface area (Å²) in [6, 6.07) is 57.9. The molecular weight excluding hydrogens is 522 g/mol. The fourth-order valence-corrected chi connectivity index (χ4v) is 6.49. The van der Waals surface area contributed by atoms with E-state index in [4.69, 9.17) is 9.97 Å². The van der Waals surface area contributed by atoms with E-state index in [2.05, 4.69) is 164 Å². The predicted octanol–water partition coefficient (Wildman–Crippen LogP) is 10.9. The highest BCUT2D eigenvalue weighted by Crippen LogP contribution is 2.51. The van der Waals surface area contributed by atoms with Gasteiger partial charge >= 0.3 is 0 Å². The standard InChI is InChI=1S/C40H28N3/c1-4-16-30(17-5-1)43(31-18-6-2-7-19-31,32-20-8-3-9-21-32)33-22-14-15-29(27-33)38-28-41-39-36-25-12-10-23-34(36)35-24-11-13-26-37(35)40(39)42-38/h1-28H/q+1. The van der Waals surface area contributed by atoms with E-state index in [1.165, 1.54) is 10.8 Å². The molecule has 0 aliphatic carbocycles. The molecule has 0 atom stereocenters. The molecule has 0 aliphatic heterocycles. The van der Waals surface area contributed by atoms with Gasteiger partial charge in [0.05, 0.1) is 22.9 Å². The summed E-state index contributed by atoms with van der Waals surface area (Å²) in [5, 5.41) is 4.63. The van der Waals surface area contributed by atoms with Crippen LogP contribution in [0.3, 0.4) is 0 Å². The Labute approximate surface area is 250 Å². The van der Waals surface area contributed by atoms with Crippen LogP contribution in [0.15, 0.2) is 170 Å². The normalized spacial score (nSPS) is 11.7. The summed E-state index contributed by atoms with van der Waals surface area (Å²) >= 11 is 0. The Morgan fingerprint density at radius 2 is 0.814 bits per heavy atom. The minimum absolute atomic E-state index is 0.435. The largest absolute Gasteiger partial charge is 0.252 e. The molecule has 202 valence electrons. The Bertz CT molecular complexity index is 2090. The predicted molar refractivity (Wildman–Crippen MR) is 180 cm³/mol. The van der Waals surface area contributed by atoms with Crippen molar-refractivity contribution in [1.29, 1.82) is 0 Å². The van der Waals surface area contributed by atoms with Crippen LogP contribution in [0, 0.1) is 0 Å². The first-order valence-corrected chi connectivity index (χ1v) is 14.6. The molecule has 1 aromatic heterocycles. The first-order valence-electron chi connectivity index (χ1n) is 14.6. The highest BCUT2D eigenvalue weighted by atomic mass is 15.4. The molecule has 0 radical (unpaired) electrons. The molecule has 43 heavy (non-hydrogen) atoms. The maximum atomic E-state index is 5.30. The molecule has 3 heteroatoms. The number of hydrogen-bond donors (Lipinski definition) is 0. The van der Waals surface area contributed by atoms with Gasteiger partial charge in [-0.25, -0.2) is 4.98 Å². The molecule has 0 bridgehead atoms. The monoisotopic (exact) mass is 550 g/mol. The van der Waals surface area contributed by atoms with Crippen molar-refractivity contribution in [3.05, 3.63) is 170 Å². The topological polar surface area (TPSA) is 25.8 Å². The molecular formula is C40H28N3+. The van der Waals surface area contributed by atoms with Gasteiger partial charge in [0.2, 0.25) is 0 Å². The van der Waals surface area contributed by atoms with Gasteiger partial charge in [0, 0.05) is 64.9 Å². The van der Waals surface area contributed by atoms with Gasteiger partial charge in [0.15, 0.2) is 0 Å². The average Bonchev–Trinajstić information content (AvgIpc) is 3.10. The lowest BCUT2D eigenvalue weighted by molar-refractivity contribution is 0.704. The summed E-state index contributed by atoms with van der Waals surface area (Å²) < 4.78 is 0.435. The first-order chi connectivity index (χ1) is 21.3. The van der Waals surface area contributed by atoms with Gasteiger partial charge in [-0.3, -0.25) is 4.98 Å². The number of rotatable bonds is 5. The quantitative estimate of drug-likeness (QED) is 0.157. The molecule has 8 aromatic rings. The van der Waals surface area contributed by atoms with Crippen LogP contribution in [0.25, 0.3) is 43.8 Å². The molecule has 0 N–H and O–H groups in total. The third-order valence-corrected chi connectivity index (χ3v) is 8.39. The van der Waals surface area contributed by atoms with E-state index in [-0.39, 0.29) is 0 Å². The van der Waals surface area contributed by atoms with Crippen LogP contribution in [-0.4, -0.2) is 9.97 Å². The van der Waals surface area contributed by atoms with E-state index >= 15 is 0 Å². The number of nitrogens with zero attached hydrogens (tertiary/aromatic N) is 3. The van der Waals surface area contributed by atoms with Gasteiger partial charge in [-0.15, -0.1) is 0 Å². The second-order valence-electron chi connectivity index (χ2n) is 10.8. The van der Waals surface area contributed by atoms with Crippen LogP contribution >= 0.6 is 0 Å². The second kappa shape index (κ2) is 10.3. The second-order valence-corrected chi connectivity index (χ2v) is 10.8. The lowest BCUT2D eigenvalue weighted by Crippen LogP contribution is -2.33. The molecule has 0 saturated heterocycles. The van der Waals surface area contributed by atoms with Crippen LogP contribution in [-0.2, 0) is 0 Å². The van der Waals surface area contributed by atoms with E-state index in [1.807, 2.05) is 6.20 Å². The van der Waals surface area contributed by atoms with Crippen molar-refractivity contribution in [1.82, 2.24) is 14.5 Å². The molecule has 0 amide bonds. The average molecular weight is 551 g/mol. The Balaban J connectivity index is 1.40. The van der Waals surface area contributed by atoms with Gasteiger partial charge in [0.25, 0.3) is 0 Å². The van der Waals surface area contributed by atoms with Gasteiger partial charge in [-0.1, -0.05) is 115 Å². The Morgan fingerprint density at radius 3 is 1.35 bits per heavy atom. The van der Waals surface area contributed by atoms with Crippen LogP contribution < -0.4 is 4.48 Å². The third-order valence-electron chi connectivity index (χ3n) is 8.39. The van der Waals surface area contributed by atoms with Gasteiger partial charge in [-0.2, -0.15) is 4.48 Å². The molecule has 8 rings (SSSR count). The summed E-state index contributed by atoms with van der Waals surface area (Å²) in [6.45, 7) is 0. The highest BCUT2D eigenvalue weighted by Gasteiger charge is 2.39. The molecule has 1 heterocycles. The number of quaternary nitrogens is 1. The number of aromatic nitrogens is 2. The number of hydrogen-bond acceptors (Lipinski definition) is 2. The van der Waals surface area contributed by atoms with E-state index < -0.39 is 0 Å². The van der Waals surface area contributed by atoms with Crippen LogP contribution in [0.4, 0.5) is 22.7 Å². The zero-order valence-corrected chi connectivity index (χ0v) is 23.5. The lowest BCUT2D eigenvalue weighted by atomic mass is 9.99. The zero-order chi connectivity index (χ0) is 28.6. The summed E-state index contributed by atoms with van der Waals surface area (Å²) in [4.78, 5) is 10.3. The number of benzene rings is 7. The Kier molecular flexibility index (Phi) is 6.03. The van der Waals surface area contributed by atoms with Crippen LogP contribution in [0.2, 0.25) is 0 Å². The van der Waals surface area contributed by atoms with Crippen molar-refractivity contribution in [3.63, 3.8) is 0 Å². The fourth-order valence-electron chi connectivity index (χ4n) is 6.49. The molecule has 7 aromatic carbocycles. The van der Waals surface area contributed by atoms with Crippen molar-refractivity contribution in [3.8, 4) is 11.3 Å². The molecule has 0 unspecified atom stereocenters. The maximum absolute atomic E-state index is 5.30. The highest BCUT2D eigenvalue weighted by molar-refractivity contribution is 6.23. The summed E-state index contributed by atoms with van der Waals surface area (Å²) in [5.74, 6) is 0. The first kappa shape index (κ1) is 25.1. The Hall–Kier alpha value is -5.64. The third kappa shape index (κ3) is 4.02. The van der Waals surface area contributed by atoms with Crippen LogP contribution in [0.1, 0.15) is 0 Å². The summed E-state index contributed by atoms with van der Waals surface area (Å²) in [7, 11) is 0. The smallest absolute Gasteiger partial charge is 0.148 e. The summed E-state index contributed by atoms with van der Waals surface area (Å²) in [5.41, 5.74) is 8.30. The SMILES string of the molecule is c1ccc([N+](c2ccccc2)(c2ccccc2)c2cccc(-c3cnc4c5ccccc5c5ccccc5c4n3)c2)cc1. The van der Waals surface area contributed by atoms with Gasteiger partial charge in [0.1, 0.15) is 22.7 Å². The zero-order valence-electron chi connectivity index (χ0n) is 23.5. The number of fused-ring (bicyclic) bond motifs is 6. The summed E-state index contributed by atoms with van der Waals surface area (Å²) in [6.07, 6.45) is 1.92. The minimum Gasteiger partial charge on any atom is -0.252 e. The Morgan fingerprint density at radius 1 is 0.372 bits per heavy atom. The van der Waals surface area contributed by atoms with Crippen molar-refractivity contribution in [2.45, 2.75) is 0 Å². The fraction of sp³-hybridized carbons (Fsp3) is 0. The van der Waals surface area contributed by atoms with Crippen molar-refractivity contribution < 1.29 is 0 Å². The van der Waals surface area contributed by atoms with Gasteiger partial charge < -0.3 is 0 Å².